The van der Waals surface area contributed by atoms with Crippen molar-refractivity contribution < 1.29 is 13.2 Å². The number of amides is 1. The molecule has 6 heteroatoms. The zero-order valence-electron chi connectivity index (χ0n) is 10.7. The summed E-state index contributed by atoms with van der Waals surface area (Å²) in [5.41, 5.74) is 0.397. The SMILES string of the molecule is Cc1ccc(C(=O)NC(C)(C)C)cc1S(=O)(=O)Cl. The van der Waals surface area contributed by atoms with Gasteiger partial charge in [0.2, 0.25) is 0 Å². The molecule has 0 bridgehead atoms. The van der Waals surface area contributed by atoms with Gasteiger partial charge in [-0.15, -0.1) is 0 Å². The van der Waals surface area contributed by atoms with Crippen LogP contribution in [0.1, 0.15) is 36.7 Å². The molecule has 0 unspecified atom stereocenters. The average molecular weight is 290 g/mol. The van der Waals surface area contributed by atoms with Crippen LogP contribution >= 0.6 is 10.7 Å². The third kappa shape index (κ3) is 3.99. The third-order valence-electron chi connectivity index (χ3n) is 2.20. The fraction of sp³-hybridized carbons (Fsp3) is 0.417. The molecule has 18 heavy (non-hydrogen) atoms. The molecule has 0 aliphatic rings. The van der Waals surface area contributed by atoms with E-state index in [1.807, 2.05) is 20.8 Å². The fourth-order valence-electron chi connectivity index (χ4n) is 1.42. The fourth-order valence-corrected chi connectivity index (χ4v) is 2.64. The maximum Gasteiger partial charge on any atom is 0.261 e. The van der Waals surface area contributed by atoms with Crippen LogP contribution < -0.4 is 5.32 Å². The molecule has 100 valence electrons. The Labute approximate surface area is 112 Å². The Bertz CT molecular complexity index is 573. The van der Waals surface area contributed by atoms with Crippen LogP contribution in [0.25, 0.3) is 0 Å². The first kappa shape index (κ1) is 15.0. The van der Waals surface area contributed by atoms with E-state index in [0.29, 0.717) is 5.56 Å². The minimum atomic E-state index is -3.84. The molecule has 0 heterocycles. The van der Waals surface area contributed by atoms with Gasteiger partial charge in [0.15, 0.2) is 0 Å². The second-order valence-electron chi connectivity index (χ2n) is 5.12. The molecule has 1 rings (SSSR count). The normalized spacial score (nSPS) is 12.3. The number of hydrogen-bond donors (Lipinski definition) is 1. The van der Waals surface area contributed by atoms with E-state index < -0.39 is 9.05 Å². The number of nitrogens with one attached hydrogen (secondary N) is 1. The molecule has 1 aromatic rings. The Hall–Kier alpha value is -1.07. The van der Waals surface area contributed by atoms with Crippen LogP contribution in [0.15, 0.2) is 23.1 Å². The van der Waals surface area contributed by atoms with Crippen LogP contribution in [0.3, 0.4) is 0 Å². The van der Waals surface area contributed by atoms with Gasteiger partial charge in [-0.05, 0) is 45.4 Å². The van der Waals surface area contributed by atoms with E-state index in [1.165, 1.54) is 6.07 Å². The molecule has 0 aliphatic heterocycles. The molecule has 0 fully saturated rings. The highest BCUT2D eigenvalue weighted by atomic mass is 35.7. The summed E-state index contributed by atoms with van der Waals surface area (Å²) >= 11 is 0. The highest BCUT2D eigenvalue weighted by Gasteiger charge is 2.19. The highest BCUT2D eigenvalue weighted by Crippen LogP contribution is 2.21. The molecule has 0 radical (unpaired) electrons. The number of rotatable bonds is 2. The number of carbonyl (C=O) groups is 1. The van der Waals surface area contributed by atoms with Crippen molar-refractivity contribution in [3.63, 3.8) is 0 Å². The van der Waals surface area contributed by atoms with Gasteiger partial charge < -0.3 is 5.32 Å². The first-order valence-corrected chi connectivity index (χ1v) is 7.69. The number of halogens is 1. The van der Waals surface area contributed by atoms with Crippen molar-refractivity contribution in [1.82, 2.24) is 5.32 Å². The van der Waals surface area contributed by atoms with E-state index in [-0.39, 0.29) is 21.9 Å². The molecular formula is C12H16ClNO3S. The molecule has 1 amide bonds. The lowest BCUT2D eigenvalue weighted by Gasteiger charge is -2.20. The summed E-state index contributed by atoms with van der Waals surface area (Å²) in [6.07, 6.45) is 0. The smallest absolute Gasteiger partial charge is 0.261 e. The average Bonchev–Trinajstić information content (AvgIpc) is 2.13. The van der Waals surface area contributed by atoms with Crippen LogP contribution in [-0.4, -0.2) is 19.9 Å². The molecule has 1 N–H and O–H groups in total. The Morgan fingerprint density at radius 2 is 1.83 bits per heavy atom. The van der Waals surface area contributed by atoms with E-state index in [4.69, 9.17) is 10.7 Å². The lowest BCUT2D eigenvalue weighted by molar-refractivity contribution is 0.0919. The van der Waals surface area contributed by atoms with Crippen LogP contribution in [0, 0.1) is 6.92 Å². The van der Waals surface area contributed by atoms with E-state index in [1.54, 1.807) is 19.1 Å². The monoisotopic (exact) mass is 289 g/mol. The van der Waals surface area contributed by atoms with E-state index in [9.17, 15) is 13.2 Å². The molecular weight excluding hydrogens is 274 g/mol. The van der Waals surface area contributed by atoms with Gasteiger partial charge in [-0.3, -0.25) is 4.79 Å². The van der Waals surface area contributed by atoms with Gasteiger partial charge in [0.05, 0.1) is 4.90 Å². The Morgan fingerprint density at radius 1 is 1.28 bits per heavy atom. The minimum absolute atomic E-state index is 0.0364. The molecule has 0 saturated heterocycles. The second kappa shape index (κ2) is 4.90. The quantitative estimate of drug-likeness (QED) is 0.851. The third-order valence-corrected chi connectivity index (χ3v) is 3.67. The van der Waals surface area contributed by atoms with Gasteiger partial charge in [0.25, 0.3) is 15.0 Å². The lowest BCUT2D eigenvalue weighted by atomic mass is 10.1. The summed E-state index contributed by atoms with van der Waals surface area (Å²) in [7, 11) is 1.47. The van der Waals surface area contributed by atoms with Gasteiger partial charge in [-0.25, -0.2) is 8.42 Å². The molecule has 0 spiro atoms. The second-order valence-corrected chi connectivity index (χ2v) is 7.66. The van der Waals surface area contributed by atoms with Crippen molar-refractivity contribution in [2.45, 2.75) is 38.1 Å². The van der Waals surface area contributed by atoms with Crippen LogP contribution in [0.2, 0.25) is 0 Å². The van der Waals surface area contributed by atoms with Crippen molar-refractivity contribution in [3.8, 4) is 0 Å². The zero-order chi connectivity index (χ0) is 14.1. The predicted octanol–water partition coefficient (Wildman–Crippen LogP) is 2.45. The van der Waals surface area contributed by atoms with E-state index in [0.717, 1.165) is 0 Å². The maximum absolute atomic E-state index is 11.9. The van der Waals surface area contributed by atoms with Gasteiger partial charge in [0, 0.05) is 21.8 Å². The summed E-state index contributed by atoms with van der Waals surface area (Å²) in [4.78, 5) is 11.9. The van der Waals surface area contributed by atoms with Gasteiger partial charge in [0.1, 0.15) is 0 Å². The molecule has 0 aromatic heterocycles. The largest absolute Gasteiger partial charge is 0.347 e. The number of benzene rings is 1. The van der Waals surface area contributed by atoms with Crippen LogP contribution in [0.4, 0.5) is 0 Å². The summed E-state index contributed by atoms with van der Waals surface area (Å²) in [5, 5.41) is 2.76. The van der Waals surface area contributed by atoms with Crippen molar-refractivity contribution in [2.24, 2.45) is 0 Å². The molecule has 1 aromatic carbocycles. The van der Waals surface area contributed by atoms with Crippen LogP contribution in [-0.2, 0) is 9.05 Å². The Kier molecular flexibility index (Phi) is 4.08. The van der Waals surface area contributed by atoms with Crippen LogP contribution in [0.5, 0.6) is 0 Å². The summed E-state index contributed by atoms with van der Waals surface area (Å²) < 4.78 is 22.7. The zero-order valence-corrected chi connectivity index (χ0v) is 12.3. The first-order valence-electron chi connectivity index (χ1n) is 5.38. The molecule has 0 saturated carbocycles. The van der Waals surface area contributed by atoms with Gasteiger partial charge >= 0.3 is 0 Å². The number of hydrogen-bond acceptors (Lipinski definition) is 3. The molecule has 0 atom stereocenters. The summed E-state index contributed by atoms with van der Waals surface area (Å²) in [6, 6.07) is 4.42. The first-order chi connectivity index (χ1) is 8.00. The van der Waals surface area contributed by atoms with Gasteiger partial charge in [-0.1, -0.05) is 6.07 Å². The predicted molar refractivity (Wildman–Crippen MR) is 71.4 cm³/mol. The molecule has 4 nitrogen and oxygen atoms in total. The van der Waals surface area contributed by atoms with E-state index >= 15 is 0 Å². The topological polar surface area (TPSA) is 63.2 Å². The number of aryl methyl sites for hydroxylation is 1. The van der Waals surface area contributed by atoms with E-state index in [2.05, 4.69) is 5.32 Å². The summed E-state index contributed by atoms with van der Waals surface area (Å²) in [5.74, 6) is -0.330. The summed E-state index contributed by atoms with van der Waals surface area (Å²) in [6.45, 7) is 7.16. The van der Waals surface area contributed by atoms with Crippen molar-refractivity contribution in [2.75, 3.05) is 0 Å². The Balaban J connectivity index is 3.18. The Morgan fingerprint density at radius 3 is 2.28 bits per heavy atom. The minimum Gasteiger partial charge on any atom is -0.347 e. The standard InChI is InChI=1S/C12H16ClNO3S/c1-8-5-6-9(7-10(8)18(13,16)17)11(15)14-12(2,3)4/h5-7H,1-4H3,(H,14,15). The van der Waals surface area contributed by atoms with Gasteiger partial charge in [-0.2, -0.15) is 0 Å². The molecule has 0 aliphatic carbocycles. The van der Waals surface area contributed by atoms with Crippen molar-refractivity contribution in [1.29, 1.82) is 0 Å². The van der Waals surface area contributed by atoms with Crippen molar-refractivity contribution in [3.05, 3.63) is 29.3 Å². The van der Waals surface area contributed by atoms with Crippen molar-refractivity contribution >= 4 is 25.6 Å². The maximum atomic E-state index is 11.9. The highest BCUT2D eigenvalue weighted by molar-refractivity contribution is 8.13. The lowest BCUT2D eigenvalue weighted by Crippen LogP contribution is -2.40. The number of carbonyl (C=O) groups excluding carboxylic acids is 1.